The monoisotopic (exact) mass is 436 g/mol. The Morgan fingerprint density at radius 1 is 1.06 bits per heavy atom. The maximum absolute atomic E-state index is 13.1. The Balaban J connectivity index is 1.82. The summed E-state index contributed by atoms with van der Waals surface area (Å²) in [6.45, 7) is 2.08. The van der Waals surface area contributed by atoms with E-state index in [1.54, 1.807) is 29.9 Å². The third kappa shape index (κ3) is 4.04. The van der Waals surface area contributed by atoms with Gasteiger partial charge in [0.25, 0.3) is 0 Å². The molecule has 4 heterocycles. The number of rotatable bonds is 5. The van der Waals surface area contributed by atoms with E-state index >= 15 is 0 Å². The molecule has 0 fully saturated rings. The van der Waals surface area contributed by atoms with Crippen LogP contribution in [-0.2, 0) is 19.6 Å². The third-order valence-corrected chi connectivity index (χ3v) is 5.20. The van der Waals surface area contributed by atoms with Crippen LogP contribution >= 0.6 is 0 Å². The minimum absolute atomic E-state index is 0.165. The fourth-order valence-electron chi connectivity index (χ4n) is 3.48. The van der Waals surface area contributed by atoms with Crippen molar-refractivity contribution in [2.75, 3.05) is 0 Å². The zero-order valence-corrected chi connectivity index (χ0v) is 17.5. The first-order chi connectivity index (χ1) is 15.3. The molecule has 0 spiro atoms. The Hall–Kier alpha value is -3.80. The number of aryl methyl sites for hydroxylation is 2. The van der Waals surface area contributed by atoms with E-state index in [9.17, 15) is 13.2 Å². The summed E-state index contributed by atoms with van der Waals surface area (Å²) >= 11 is 0. The average Bonchev–Trinajstić information content (AvgIpc) is 3.12. The minimum Gasteiger partial charge on any atom is -0.311 e. The van der Waals surface area contributed by atoms with Gasteiger partial charge in [-0.2, -0.15) is 18.4 Å². The van der Waals surface area contributed by atoms with Gasteiger partial charge in [0.15, 0.2) is 11.5 Å². The predicted molar refractivity (Wildman–Crippen MR) is 113 cm³/mol. The van der Waals surface area contributed by atoms with Crippen LogP contribution in [0.1, 0.15) is 36.5 Å². The van der Waals surface area contributed by atoms with Gasteiger partial charge in [-0.1, -0.05) is 13.3 Å². The lowest BCUT2D eigenvalue weighted by atomic mass is 10.0. The third-order valence-electron chi connectivity index (χ3n) is 5.20. The number of imidazole rings is 1. The number of hydrogen-bond donors (Lipinski definition) is 0. The highest BCUT2D eigenvalue weighted by Crippen LogP contribution is 2.32. The number of nitriles is 1. The summed E-state index contributed by atoms with van der Waals surface area (Å²) < 4.78 is 40.9. The van der Waals surface area contributed by atoms with E-state index in [-0.39, 0.29) is 5.52 Å². The molecule has 0 unspecified atom stereocenters. The zero-order chi connectivity index (χ0) is 22.9. The first kappa shape index (κ1) is 21.4. The van der Waals surface area contributed by atoms with Crippen LogP contribution in [0.4, 0.5) is 13.2 Å². The molecule has 0 aliphatic heterocycles. The van der Waals surface area contributed by atoms with Gasteiger partial charge in [0.05, 0.1) is 16.8 Å². The molecule has 32 heavy (non-hydrogen) atoms. The molecule has 6 nitrogen and oxygen atoms in total. The van der Waals surface area contributed by atoms with Crippen LogP contribution in [0.5, 0.6) is 0 Å². The highest BCUT2D eigenvalue weighted by atomic mass is 19.4. The number of fused-ring (bicyclic) bond motifs is 1. The van der Waals surface area contributed by atoms with Gasteiger partial charge in [-0.25, -0.2) is 9.97 Å². The fourth-order valence-corrected chi connectivity index (χ4v) is 3.48. The van der Waals surface area contributed by atoms with Crippen molar-refractivity contribution >= 4 is 11.2 Å². The van der Waals surface area contributed by atoms with Crippen molar-refractivity contribution in [3.8, 4) is 28.8 Å². The van der Waals surface area contributed by atoms with Crippen LogP contribution < -0.4 is 0 Å². The summed E-state index contributed by atoms with van der Waals surface area (Å²) in [6.07, 6.45) is 2.11. The summed E-state index contributed by atoms with van der Waals surface area (Å²) in [5.41, 5.74) is 3.15. The molecule has 4 aromatic rings. The van der Waals surface area contributed by atoms with Crippen LogP contribution in [0.3, 0.4) is 0 Å². The molecular weight excluding hydrogens is 417 g/mol. The van der Waals surface area contributed by atoms with Crippen LogP contribution in [-0.4, -0.2) is 24.5 Å². The molecule has 0 bridgehead atoms. The van der Waals surface area contributed by atoms with Gasteiger partial charge in [-0.05, 0) is 42.7 Å². The van der Waals surface area contributed by atoms with Gasteiger partial charge in [0, 0.05) is 31.2 Å². The number of aromatic nitrogens is 5. The number of unbranched alkanes of at least 4 members (excludes halogenated alkanes) is 1. The molecule has 4 rings (SSSR count). The highest BCUT2D eigenvalue weighted by molar-refractivity contribution is 5.78. The normalized spacial score (nSPS) is 11.6. The van der Waals surface area contributed by atoms with E-state index in [0.717, 1.165) is 42.7 Å². The van der Waals surface area contributed by atoms with E-state index in [0.29, 0.717) is 28.4 Å². The summed E-state index contributed by atoms with van der Waals surface area (Å²) in [7, 11) is 1.71. The van der Waals surface area contributed by atoms with E-state index in [2.05, 4.69) is 26.9 Å². The summed E-state index contributed by atoms with van der Waals surface area (Å²) in [6, 6.07) is 8.47. The maximum Gasteiger partial charge on any atom is 0.417 e. The van der Waals surface area contributed by atoms with Crippen molar-refractivity contribution in [2.24, 2.45) is 7.05 Å². The van der Waals surface area contributed by atoms with Gasteiger partial charge >= 0.3 is 6.18 Å². The Labute approximate surface area is 182 Å². The van der Waals surface area contributed by atoms with Crippen molar-refractivity contribution in [3.63, 3.8) is 0 Å². The Kier molecular flexibility index (Phi) is 5.61. The van der Waals surface area contributed by atoms with Gasteiger partial charge < -0.3 is 4.57 Å². The summed E-state index contributed by atoms with van der Waals surface area (Å²) in [5, 5.41) is 8.97. The van der Waals surface area contributed by atoms with Crippen molar-refractivity contribution in [2.45, 2.75) is 32.4 Å². The molecule has 0 amide bonds. The van der Waals surface area contributed by atoms with Gasteiger partial charge in [-0.15, -0.1) is 0 Å². The van der Waals surface area contributed by atoms with E-state index in [1.807, 2.05) is 12.1 Å². The van der Waals surface area contributed by atoms with E-state index in [1.165, 1.54) is 6.20 Å². The SMILES string of the molecule is CCCCc1cc(-c2ccc(C#N)cn2)cnc1-c1nc2cc(C(F)(F)F)cnc2n1C. The van der Waals surface area contributed by atoms with E-state index < -0.39 is 11.7 Å². The van der Waals surface area contributed by atoms with Gasteiger partial charge in [-0.3, -0.25) is 9.97 Å². The number of pyridine rings is 3. The lowest BCUT2D eigenvalue weighted by Gasteiger charge is -2.11. The quantitative estimate of drug-likeness (QED) is 0.423. The van der Waals surface area contributed by atoms with Crippen molar-refractivity contribution in [1.29, 1.82) is 5.26 Å². The fraction of sp³-hybridized carbons (Fsp3) is 0.261. The summed E-state index contributed by atoms with van der Waals surface area (Å²) in [4.78, 5) is 17.4. The zero-order valence-electron chi connectivity index (χ0n) is 17.5. The molecule has 0 saturated carbocycles. The Morgan fingerprint density at radius 3 is 2.53 bits per heavy atom. The molecule has 0 aliphatic carbocycles. The molecule has 0 radical (unpaired) electrons. The minimum atomic E-state index is -4.49. The molecule has 0 saturated heterocycles. The first-order valence-electron chi connectivity index (χ1n) is 10.1. The topological polar surface area (TPSA) is 80.3 Å². The van der Waals surface area contributed by atoms with Crippen LogP contribution in [0.25, 0.3) is 33.9 Å². The smallest absolute Gasteiger partial charge is 0.311 e. The molecule has 0 atom stereocenters. The molecule has 0 N–H and O–H groups in total. The Bertz CT molecular complexity index is 1320. The number of halogens is 3. The number of hydrogen-bond acceptors (Lipinski definition) is 5. The average molecular weight is 436 g/mol. The van der Waals surface area contributed by atoms with Crippen molar-refractivity contribution in [3.05, 3.63) is 59.5 Å². The van der Waals surface area contributed by atoms with Crippen molar-refractivity contribution in [1.82, 2.24) is 24.5 Å². The van der Waals surface area contributed by atoms with Gasteiger partial charge in [0.1, 0.15) is 17.3 Å². The predicted octanol–water partition coefficient (Wildman–Crippen LogP) is 5.33. The lowest BCUT2D eigenvalue weighted by molar-refractivity contribution is -0.137. The van der Waals surface area contributed by atoms with Crippen LogP contribution in [0, 0.1) is 11.3 Å². The number of nitrogens with zero attached hydrogens (tertiary/aromatic N) is 6. The second-order valence-corrected chi connectivity index (χ2v) is 7.44. The van der Waals surface area contributed by atoms with E-state index in [4.69, 9.17) is 5.26 Å². The highest BCUT2D eigenvalue weighted by Gasteiger charge is 2.32. The number of alkyl halides is 3. The largest absolute Gasteiger partial charge is 0.417 e. The molecular formula is C23H19F3N6. The standard InChI is InChI=1S/C23H19F3N6/c1-3-4-5-15-8-16(18-7-6-14(10-27)11-28-18)12-29-20(15)22-31-19-9-17(23(24,25)26)13-30-21(19)32(22)2/h6-9,11-13H,3-5H2,1-2H3. The second-order valence-electron chi connectivity index (χ2n) is 7.44. The van der Waals surface area contributed by atoms with Crippen LogP contribution in [0.2, 0.25) is 0 Å². The molecule has 0 aliphatic rings. The lowest BCUT2D eigenvalue weighted by Crippen LogP contribution is -2.05. The Morgan fingerprint density at radius 2 is 1.88 bits per heavy atom. The molecule has 9 heteroatoms. The first-order valence-corrected chi connectivity index (χ1v) is 10.1. The van der Waals surface area contributed by atoms with Crippen molar-refractivity contribution < 1.29 is 13.2 Å². The molecule has 162 valence electrons. The van der Waals surface area contributed by atoms with Gasteiger partial charge in [0.2, 0.25) is 0 Å². The molecule has 4 aromatic heterocycles. The maximum atomic E-state index is 13.1. The molecule has 0 aromatic carbocycles. The summed E-state index contributed by atoms with van der Waals surface area (Å²) in [5.74, 6) is 0.456. The second kappa shape index (κ2) is 8.38. The van der Waals surface area contributed by atoms with Crippen LogP contribution in [0.15, 0.2) is 42.9 Å².